The number of hydrogen-bond acceptors (Lipinski definition) is 2. The van der Waals surface area contributed by atoms with Crippen molar-refractivity contribution in [3.8, 4) is 0 Å². The van der Waals surface area contributed by atoms with Crippen LogP contribution in [0.2, 0.25) is 0 Å². The number of amides is 1. The zero-order chi connectivity index (χ0) is 16.3. The molecular formula is C15H15F4NO2. The van der Waals surface area contributed by atoms with Crippen molar-refractivity contribution in [2.45, 2.75) is 38.2 Å². The minimum atomic E-state index is -2.63. The van der Waals surface area contributed by atoms with E-state index in [0.29, 0.717) is 18.9 Å². The number of rotatable bonds is 7. The average molecular weight is 317 g/mol. The Bertz CT molecular complexity index is 573. The fourth-order valence-electron chi connectivity index (χ4n) is 2.20. The number of nitrogens with zero attached hydrogens (tertiary/aromatic N) is 1. The van der Waals surface area contributed by atoms with Gasteiger partial charge in [-0.25, -0.2) is 17.6 Å². The first-order valence-electron chi connectivity index (χ1n) is 6.94. The van der Waals surface area contributed by atoms with Crippen LogP contribution in [0.4, 0.5) is 17.6 Å². The van der Waals surface area contributed by atoms with Gasteiger partial charge in [0, 0.05) is 24.9 Å². The van der Waals surface area contributed by atoms with Crippen molar-refractivity contribution in [3.63, 3.8) is 0 Å². The summed E-state index contributed by atoms with van der Waals surface area (Å²) in [4.78, 5) is 24.8. The maximum absolute atomic E-state index is 13.4. The van der Waals surface area contributed by atoms with Crippen LogP contribution < -0.4 is 0 Å². The Kier molecular flexibility index (Phi) is 5.15. The Labute approximate surface area is 124 Å². The van der Waals surface area contributed by atoms with Gasteiger partial charge in [-0.2, -0.15) is 0 Å². The third-order valence-corrected chi connectivity index (χ3v) is 3.44. The van der Waals surface area contributed by atoms with Crippen molar-refractivity contribution in [2.24, 2.45) is 0 Å². The van der Waals surface area contributed by atoms with Crippen LogP contribution in [0.5, 0.6) is 0 Å². The molecule has 0 aromatic heterocycles. The van der Waals surface area contributed by atoms with E-state index < -0.39 is 36.3 Å². The number of hydrogen-bond donors (Lipinski definition) is 0. The lowest BCUT2D eigenvalue weighted by atomic mass is 10.1. The maximum Gasteiger partial charge on any atom is 0.255 e. The van der Waals surface area contributed by atoms with Crippen molar-refractivity contribution in [1.82, 2.24) is 4.90 Å². The molecule has 1 aromatic carbocycles. The monoisotopic (exact) mass is 317 g/mol. The number of benzene rings is 1. The molecule has 7 heteroatoms. The van der Waals surface area contributed by atoms with Gasteiger partial charge in [0.1, 0.15) is 11.6 Å². The zero-order valence-electron chi connectivity index (χ0n) is 11.7. The highest BCUT2D eigenvalue weighted by atomic mass is 19.3. The third-order valence-electron chi connectivity index (χ3n) is 3.44. The minimum Gasteiger partial charge on any atom is -0.334 e. The lowest BCUT2D eigenvalue weighted by molar-refractivity contribution is -0.133. The second-order valence-corrected chi connectivity index (χ2v) is 5.22. The van der Waals surface area contributed by atoms with Gasteiger partial charge in [0.15, 0.2) is 5.78 Å². The summed E-state index contributed by atoms with van der Waals surface area (Å²) in [5.74, 6) is -3.00. The van der Waals surface area contributed by atoms with E-state index in [2.05, 4.69) is 0 Å². The van der Waals surface area contributed by atoms with E-state index in [1.54, 1.807) is 0 Å². The van der Waals surface area contributed by atoms with Gasteiger partial charge in [0.2, 0.25) is 5.91 Å². The van der Waals surface area contributed by atoms with Crippen LogP contribution >= 0.6 is 0 Å². The highest BCUT2D eigenvalue weighted by Crippen LogP contribution is 2.28. The smallest absolute Gasteiger partial charge is 0.255 e. The molecule has 0 aliphatic heterocycles. The first kappa shape index (κ1) is 16.5. The van der Waals surface area contributed by atoms with Crippen LogP contribution in [0.15, 0.2) is 18.2 Å². The molecule has 1 saturated carbocycles. The van der Waals surface area contributed by atoms with Crippen molar-refractivity contribution >= 4 is 11.7 Å². The number of alkyl halides is 2. The summed E-state index contributed by atoms with van der Waals surface area (Å²) in [6.07, 6.45) is -1.83. The largest absolute Gasteiger partial charge is 0.334 e. The van der Waals surface area contributed by atoms with E-state index in [4.69, 9.17) is 0 Å². The highest BCUT2D eigenvalue weighted by molar-refractivity contribution is 5.98. The molecule has 1 aromatic rings. The molecule has 0 saturated heterocycles. The molecule has 0 heterocycles. The van der Waals surface area contributed by atoms with Gasteiger partial charge < -0.3 is 4.90 Å². The van der Waals surface area contributed by atoms with Crippen molar-refractivity contribution in [1.29, 1.82) is 0 Å². The summed E-state index contributed by atoms with van der Waals surface area (Å²) in [5, 5.41) is 0. The second kappa shape index (κ2) is 6.89. The lowest BCUT2D eigenvalue weighted by Crippen LogP contribution is -2.37. The molecule has 0 bridgehead atoms. The number of carbonyl (C=O) groups excluding carboxylic acids is 2. The Morgan fingerprint density at radius 2 is 1.86 bits per heavy atom. The molecule has 3 nitrogen and oxygen atoms in total. The van der Waals surface area contributed by atoms with Crippen LogP contribution in [0.25, 0.3) is 0 Å². The molecule has 22 heavy (non-hydrogen) atoms. The molecule has 0 N–H and O–H groups in total. The van der Waals surface area contributed by atoms with E-state index in [-0.39, 0.29) is 24.4 Å². The summed E-state index contributed by atoms with van der Waals surface area (Å²) < 4.78 is 51.1. The highest BCUT2D eigenvalue weighted by Gasteiger charge is 2.34. The van der Waals surface area contributed by atoms with Gasteiger partial charge in [-0.05, 0) is 25.0 Å². The van der Waals surface area contributed by atoms with E-state index >= 15 is 0 Å². The van der Waals surface area contributed by atoms with Gasteiger partial charge in [-0.15, -0.1) is 0 Å². The molecule has 2 rings (SSSR count). The fraction of sp³-hybridized carbons (Fsp3) is 0.467. The van der Waals surface area contributed by atoms with E-state index in [0.717, 1.165) is 17.0 Å². The van der Waals surface area contributed by atoms with Gasteiger partial charge in [-0.3, -0.25) is 9.59 Å². The summed E-state index contributed by atoms with van der Waals surface area (Å²) >= 11 is 0. The predicted octanol–water partition coefficient (Wildman–Crippen LogP) is 3.18. The Hall–Kier alpha value is -1.92. The van der Waals surface area contributed by atoms with Crippen LogP contribution in [-0.2, 0) is 4.79 Å². The molecule has 0 spiro atoms. The number of Topliss-reactive ketones (excluding diaryl/α,β-unsaturated/α-hetero) is 1. The van der Waals surface area contributed by atoms with Crippen molar-refractivity contribution < 1.29 is 27.2 Å². The summed E-state index contributed by atoms with van der Waals surface area (Å²) in [6, 6.07) is 2.36. The first-order valence-corrected chi connectivity index (χ1v) is 6.94. The molecule has 120 valence electrons. The van der Waals surface area contributed by atoms with Gasteiger partial charge in [-0.1, -0.05) is 0 Å². The summed E-state index contributed by atoms with van der Waals surface area (Å²) in [7, 11) is 0. The molecule has 0 atom stereocenters. The second-order valence-electron chi connectivity index (χ2n) is 5.22. The van der Waals surface area contributed by atoms with E-state index in [9.17, 15) is 27.2 Å². The van der Waals surface area contributed by atoms with Gasteiger partial charge >= 0.3 is 0 Å². The molecule has 1 fully saturated rings. The van der Waals surface area contributed by atoms with Crippen molar-refractivity contribution in [2.75, 3.05) is 6.54 Å². The minimum absolute atomic E-state index is 0.181. The normalized spacial score (nSPS) is 14.2. The molecular weight excluding hydrogens is 302 g/mol. The average Bonchev–Trinajstić information content (AvgIpc) is 3.26. The molecule has 1 amide bonds. The molecule has 0 unspecified atom stereocenters. The molecule has 1 aliphatic carbocycles. The quantitative estimate of drug-likeness (QED) is 0.572. The summed E-state index contributed by atoms with van der Waals surface area (Å²) in [5.41, 5.74) is -0.305. The number of carbonyl (C=O) groups is 2. The lowest BCUT2D eigenvalue weighted by Gasteiger charge is -2.21. The van der Waals surface area contributed by atoms with Crippen LogP contribution in [0, 0.1) is 11.6 Å². The van der Waals surface area contributed by atoms with Gasteiger partial charge in [0.25, 0.3) is 6.43 Å². The Morgan fingerprint density at radius 3 is 2.41 bits per heavy atom. The number of halogens is 4. The van der Waals surface area contributed by atoms with Crippen LogP contribution in [-0.4, -0.2) is 35.6 Å². The Balaban J connectivity index is 1.93. The topological polar surface area (TPSA) is 37.4 Å². The zero-order valence-corrected chi connectivity index (χ0v) is 11.7. The van der Waals surface area contributed by atoms with Gasteiger partial charge in [0.05, 0.1) is 12.1 Å². The first-order chi connectivity index (χ1) is 10.4. The predicted molar refractivity (Wildman–Crippen MR) is 70.7 cm³/mol. The van der Waals surface area contributed by atoms with E-state index in [1.807, 2.05) is 0 Å². The molecule has 1 aliphatic rings. The van der Waals surface area contributed by atoms with Crippen molar-refractivity contribution in [3.05, 3.63) is 35.4 Å². The standard InChI is InChI=1S/C15H15F4NO2/c16-9-1-4-11(12(17)7-9)13(21)5-6-15(22)20(8-14(18)19)10-2-3-10/h1,4,7,10,14H,2-3,5-6,8H2. The molecule has 0 radical (unpaired) electrons. The van der Waals surface area contributed by atoms with Crippen LogP contribution in [0.1, 0.15) is 36.0 Å². The summed E-state index contributed by atoms with van der Waals surface area (Å²) in [6.45, 7) is -0.650. The van der Waals surface area contributed by atoms with Crippen LogP contribution in [0.3, 0.4) is 0 Å². The number of ketones is 1. The maximum atomic E-state index is 13.4. The van der Waals surface area contributed by atoms with E-state index in [1.165, 1.54) is 0 Å². The fourth-order valence-corrected chi connectivity index (χ4v) is 2.20. The SMILES string of the molecule is O=C(CCC(=O)N(CC(F)F)C1CC1)c1ccc(F)cc1F. The Morgan fingerprint density at radius 1 is 1.18 bits per heavy atom. The third kappa shape index (κ3) is 4.29.